The van der Waals surface area contributed by atoms with Gasteiger partial charge in [0.05, 0.1) is 0 Å². The topological polar surface area (TPSA) is 123 Å². The maximum atomic E-state index is 11.2. The lowest BCUT2D eigenvalue weighted by Crippen LogP contribution is -2.55. The molecule has 0 aliphatic heterocycles. The Morgan fingerprint density at radius 3 is 2.60 bits per heavy atom. The van der Waals surface area contributed by atoms with Crippen molar-refractivity contribution in [1.82, 2.24) is 11.2 Å². The van der Waals surface area contributed by atoms with Crippen LogP contribution in [0, 0.1) is 10.4 Å². The van der Waals surface area contributed by atoms with Crippen molar-refractivity contribution >= 4 is 22.6 Å². The van der Waals surface area contributed by atoms with Crippen LogP contribution in [-0.2, 0) is 0 Å². The van der Waals surface area contributed by atoms with Crippen molar-refractivity contribution in [2.75, 3.05) is 0 Å². The third-order valence-electron chi connectivity index (χ3n) is 1.76. The summed E-state index contributed by atoms with van der Waals surface area (Å²) in [7, 11) is 0. The van der Waals surface area contributed by atoms with Gasteiger partial charge in [-0.15, -0.1) is 0 Å². The van der Waals surface area contributed by atoms with E-state index < -0.39 is 5.69 Å². The average molecular weight is 232 g/mol. The number of benzene rings is 1. The number of nitrogens with one attached hydrogen (secondary N) is 1. The number of aromatic amines is 1. The van der Waals surface area contributed by atoms with Crippen molar-refractivity contribution in [2.45, 2.75) is 0 Å². The molecule has 7 nitrogen and oxygen atoms in total. The zero-order valence-corrected chi connectivity index (χ0v) is 8.49. The molecule has 0 saturated heterocycles. The summed E-state index contributed by atoms with van der Waals surface area (Å²) in [5.74, 6) is 0. The highest BCUT2D eigenvalue weighted by Crippen LogP contribution is 2.11. The van der Waals surface area contributed by atoms with Crippen LogP contribution >= 0.6 is 11.6 Å². The van der Waals surface area contributed by atoms with Crippen molar-refractivity contribution in [3.05, 3.63) is 44.1 Å². The molecule has 0 radical (unpaired) electrons. The van der Waals surface area contributed by atoms with Gasteiger partial charge in [-0.25, -0.2) is 0 Å². The lowest BCUT2D eigenvalue weighted by Gasteiger charge is -2.02. The minimum Gasteiger partial charge on any atom is -0.707 e. The zero-order chi connectivity index (χ0) is 10.3. The van der Waals surface area contributed by atoms with Gasteiger partial charge in [-0.2, -0.15) is 9.52 Å². The second kappa shape index (κ2) is 3.71. The molecule has 0 saturated carbocycles. The summed E-state index contributed by atoms with van der Waals surface area (Å²) in [6, 6.07) is 4.04. The summed E-state index contributed by atoms with van der Waals surface area (Å²) < 4.78 is 0.0973. The molecule has 0 aliphatic carbocycles. The molecular formula is C7H8ClN4O3+. The fourth-order valence-electron chi connectivity index (χ4n) is 1.13. The van der Waals surface area contributed by atoms with Gasteiger partial charge in [-0.05, 0) is 12.1 Å². The predicted octanol–water partition coefficient (Wildman–Crippen LogP) is -0.176. The molecule has 5 N–H and O–H groups in total. The number of rotatable bonds is 0. The first kappa shape index (κ1) is 11.2. The Morgan fingerprint density at radius 1 is 1.27 bits per heavy atom. The Kier molecular flexibility index (Phi) is 2.78. The smallest absolute Gasteiger partial charge is 0.554 e. The van der Waals surface area contributed by atoms with E-state index in [1.165, 1.54) is 18.2 Å². The number of H-pyrrole nitrogens is 1. The summed E-state index contributed by atoms with van der Waals surface area (Å²) >= 11 is 5.63. The van der Waals surface area contributed by atoms with E-state index in [2.05, 4.69) is 0 Å². The molecular weight excluding hydrogens is 224 g/mol. The lowest BCUT2D eigenvalue weighted by atomic mass is 10.3. The van der Waals surface area contributed by atoms with Crippen molar-refractivity contribution in [3.63, 3.8) is 0 Å². The third-order valence-corrected chi connectivity index (χ3v) is 1.99. The Bertz CT molecular complexity index is 568. The second-order valence-corrected chi connectivity index (χ2v) is 3.08. The first-order chi connectivity index (χ1) is 6.59. The number of fused-ring (bicyclic) bond motifs is 1. The van der Waals surface area contributed by atoms with Gasteiger partial charge in [0.25, 0.3) is 0 Å². The largest absolute Gasteiger partial charge is 0.707 e. The van der Waals surface area contributed by atoms with Gasteiger partial charge in [-0.1, -0.05) is 11.6 Å². The van der Waals surface area contributed by atoms with E-state index in [1.54, 1.807) is 5.10 Å². The Hall–Kier alpha value is -1.86. The van der Waals surface area contributed by atoms with Crippen LogP contribution in [0.15, 0.2) is 23.0 Å². The van der Waals surface area contributed by atoms with E-state index in [0.717, 1.165) is 0 Å². The number of aromatic nitrogens is 3. The number of quaternary nitrogens is 1. The first-order valence-corrected chi connectivity index (χ1v) is 4.02. The highest BCUT2D eigenvalue weighted by molar-refractivity contribution is 6.31. The van der Waals surface area contributed by atoms with Crippen LogP contribution in [0.3, 0.4) is 0 Å². The van der Waals surface area contributed by atoms with E-state index in [1.807, 2.05) is 0 Å². The molecule has 8 heteroatoms. The third kappa shape index (κ3) is 1.69. The maximum absolute atomic E-state index is 11.2. The fraction of sp³-hybridized carbons (Fsp3) is 0. The van der Waals surface area contributed by atoms with Gasteiger partial charge in [0, 0.05) is 21.0 Å². The molecule has 2 aromatic rings. The van der Waals surface area contributed by atoms with Crippen LogP contribution in [0.25, 0.3) is 11.0 Å². The number of hydrogen-bond donors (Lipinski definition) is 2. The Balaban J connectivity index is 0.00000112. The molecule has 80 valence electrons. The molecule has 0 bridgehead atoms. The minimum atomic E-state index is -1.02. The summed E-state index contributed by atoms with van der Waals surface area (Å²) in [4.78, 5) is 11.1. The highest BCUT2D eigenvalue weighted by atomic mass is 35.5. The summed E-state index contributed by atoms with van der Waals surface area (Å²) in [5, 5.41) is 24.4. The zero-order valence-electron chi connectivity index (χ0n) is 7.73. The first-order valence-electron chi connectivity index (χ1n) is 3.64. The Labute approximate surface area is 88.3 Å². The Morgan fingerprint density at radius 2 is 1.93 bits per heavy atom. The quantitative estimate of drug-likeness (QED) is 0.483. The van der Waals surface area contributed by atoms with Gasteiger partial charge in [0.1, 0.15) is 0 Å². The van der Waals surface area contributed by atoms with Crippen molar-refractivity contribution < 1.29 is 9.58 Å². The second-order valence-electron chi connectivity index (χ2n) is 2.64. The number of hydrogen-bond acceptors (Lipinski definition) is 3. The highest BCUT2D eigenvalue weighted by Gasteiger charge is 2.14. The standard InChI is InChI=1S/C7H4ClN3O3.H3N/c8-4-1-2-5-6(3-4)11(14)9-7(12)10(5)13;/h1-3H,(H,9,12);1H3/p+1. The normalized spacial score (nSPS) is 9.93. The molecule has 15 heavy (non-hydrogen) atoms. The predicted molar refractivity (Wildman–Crippen MR) is 53.5 cm³/mol. The van der Waals surface area contributed by atoms with E-state index in [9.17, 15) is 15.2 Å². The summed E-state index contributed by atoms with van der Waals surface area (Å²) in [6.45, 7) is 0. The molecule has 0 amide bonds. The molecule has 0 aliphatic rings. The summed E-state index contributed by atoms with van der Waals surface area (Å²) in [5.41, 5.74) is -1.02. The maximum Gasteiger partial charge on any atom is 0.554 e. The van der Waals surface area contributed by atoms with Crippen LogP contribution in [-0.4, -0.2) is 5.10 Å². The van der Waals surface area contributed by atoms with E-state index in [4.69, 9.17) is 11.6 Å². The van der Waals surface area contributed by atoms with Crippen molar-refractivity contribution in [3.8, 4) is 0 Å². The number of nitrogens with zero attached hydrogens (tertiary/aromatic N) is 2. The van der Waals surface area contributed by atoms with E-state index in [0.29, 0.717) is 5.02 Å². The molecule has 0 atom stereocenters. The van der Waals surface area contributed by atoms with Gasteiger partial charge < -0.3 is 16.6 Å². The van der Waals surface area contributed by atoms with Crippen LogP contribution in [0.5, 0.6) is 0 Å². The van der Waals surface area contributed by atoms with E-state index in [-0.39, 0.29) is 26.8 Å². The fourth-order valence-corrected chi connectivity index (χ4v) is 1.30. The molecule has 1 heterocycles. The van der Waals surface area contributed by atoms with Crippen LogP contribution in [0.2, 0.25) is 5.02 Å². The molecule has 0 unspecified atom stereocenters. The molecule has 2 rings (SSSR count). The van der Waals surface area contributed by atoms with Gasteiger partial charge in [-0.3, -0.25) is 0 Å². The molecule has 1 aromatic carbocycles. The van der Waals surface area contributed by atoms with Crippen molar-refractivity contribution in [2.24, 2.45) is 0 Å². The van der Waals surface area contributed by atoms with Crippen LogP contribution < -0.4 is 21.4 Å². The molecule has 0 fully saturated rings. The average Bonchev–Trinajstić information content (AvgIpc) is 2.14. The monoisotopic (exact) mass is 231 g/mol. The van der Waals surface area contributed by atoms with E-state index >= 15 is 0 Å². The van der Waals surface area contributed by atoms with Gasteiger partial charge in [0.2, 0.25) is 5.52 Å². The molecule has 0 spiro atoms. The van der Waals surface area contributed by atoms with Gasteiger partial charge in [0.15, 0.2) is 0 Å². The van der Waals surface area contributed by atoms with Crippen molar-refractivity contribution in [1.29, 1.82) is 0 Å². The summed E-state index contributed by atoms with van der Waals surface area (Å²) in [6.07, 6.45) is 0. The van der Waals surface area contributed by atoms with Crippen LogP contribution in [0.1, 0.15) is 0 Å². The van der Waals surface area contributed by atoms with Gasteiger partial charge >= 0.3 is 11.2 Å². The van der Waals surface area contributed by atoms with Crippen LogP contribution in [0.4, 0.5) is 0 Å². The molecule has 1 aromatic heterocycles. The number of halogens is 1. The lowest BCUT2D eigenvalue weighted by molar-refractivity contribution is -0.689. The minimum absolute atomic E-state index is 0. The SMILES string of the molecule is O=c1[nH][n+]([O-])c2cc(Cl)ccc2[n+]1[O-].[NH4+].